The first-order valence-electron chi connectivity index (χ1n) is 3.48. The van der Waals surface area contributed by atoms with Crippen LogP contribution in [0.5, 0.6) is 0 Å². The fourth-order valence-corrected chi connectivity index (χ4v) is 0.529. The van der Waals surface area contributed by atoms with Gasteiger partial charge < -0.3 is 24.8 Å². The summed E-state index contributed by atoms with van der Waals surface area (Å²) in [5, 5.41) is 21.5. The summed E-state index contributed by atoms with van der Waals surface area (Å²) >= 11 is 0. The number of aliphatic hydroxyl groups is 3. The molecule has 0 fully saturated rings. The lowest BCUT2D eigenvalue weighted by Gasteiger charge is -2.06. The molecule has 0 spiro atoms. The minimum atomic E-state index is -2.17. The Morgan fingerprint density at radius 3 is 2.38 bits per heavy atom. The standard InChI is InChI=1S/C7H8O2.CH4O3/c1-2-3-7-6-8-4-5-9-7;2-1(3)4/h2,4-6H,1,3H2;1-4H. The van der Waals surface area contributed by atoms with Crippen LogP contribution >= 0.6 is 0 Å². The second-order valence-electron chi connectivity index (χ2n) is 1.95. The molecular formula is C8H12O5. The van der Waals surface area contributed by atoms with E-state index in [1.54, 1.807) is 12.3 Å². The van der Waals surface area contributed by atoms with Gasteiger partial charge >= 0.3 is 0 Å². The molecule has 0 bridgehead atoms. The third-order valence-electron chi connectivity index (χ3n) is 0.899. The lowest BCUT2D eigenvalue weighted by molar-refractivity contribution is -0.198. The Kier molecular flexibility index (Phi) is 6.62. The summed E-state index contributed by atoms with van der Waals surface area (Å²) in [6.45, 7) is 1.39. The molecule has 13 heavy (non-hydrogen) atoms. The molecule has 5 nitrogen and oxygen atoms in total. The van der Waals surface area contributed by atoms with E-state index < -0.39 is 6.48 Å². The first-order valence-corrected chi connectivity index (χ1v) is 3.48. The van der Waals surface area contributed by atoms with E-state index in [1.165, 1.54) is 12.5 Å². The monoisotopic (exact) mass is 188 g/mol. The SMILES string of the molecule is C=CCC1=COC=CO1.OC(O)O. The summed E-state index contributed by atoms with van der Waals surface area (Å²) in [6, 6.07) is 0. The summed E-state index contributed by atoms with van der Waals surface area (Å²) in [6.07, 6.45) is 7.01. The van der Waals surface area contributed by atoms with Gasteiger partial charge in [0.05, 0.1) is 0 Å². The van der Waals surface area contributed by atoms with Gasteiger partial charge in [-0.25, -0.2) is 0 Å². The minimum Gasteiger partial charge on any atom is -0.466 e. The zero-order valence-corrected chi connectivity index (χ0v) is 6.96. The van der Waals surface area contributed by atoms with Gasteiger partial charge in [0.15, 0.2) is 0 Å². The average Bonchev–Trinajstić information content (AvgIpc) is 2.06. The second-order valence-corrected chi connectivity index (χ2v) is 1.95. The third-order valence-corrected chi connectivity index (χ3v) is 0.899. The van der Waals surface area contributed by atoms with Crippen LogP contribution in [0, 0.1) is 0 Å². The second kappa shape index (κ2) is 7.35. The van der Waals surface area contributed by atoms with Gasteiger partial charge in [-0.05, 0) is 0 Å². The van der Waals surface area contributed by atoms with Crippen molar-refractivity contribution in [3.05, 3.63) is 37.2 Å². The van der Waals surface area contributed by atoms with Crippen LogP contribution in [0.1, 0.15) is 6.42 Å². The Bertz CT molecular complexity index is 188. The summed E-state index contributed by atoms with van der Waals surface area (Å²) in [7, 11) is 0. The van der Waals surface area contributed by atoms with Gasteiger partial charge in [0.2, 0.25) is 0 Å². The normalized spacial score (nSPS) is 13.4. The molecule has 5 heteroatoms. The number of aliphatic hydroxyl groups excluding tert-OH is 1. The van der Waals surface area contributed by atoms with Crippen LogP contribution in [0.4, 0.5) is 0 Å². The Balaban J connectivity index is 0.000000310. The molecule has 74 valence electrons. The maximum Gasteiger partial charge on any atom is 0.263 e. The fraction of sp³-hybridized carbons (Fsp3) is 0.250. The first kappa shape index (κ1) is 11.7. The van der Waals surface area contributed by atoms with Crippen LogP contribution in [0.25, 0.3) is 0 Å². The van der Waals surface area contributed by atoms with E-state index in [0.717, 1.165) is 5.76 Å². The van der Waals surface area contributed by atoms with Crippen LogP contribution < -0.4 is 0 Å². The van der Waals surface area contributed by atoms with E-state index in [-0.39, 0.29) is 0 Å². The lowest BCUT2D eigenvalue weighted by Crippen LogP contribution is -1.98. The van der Waals surface area contributed by atoms with Crippen molar-refractivity contribution in [3.63, 3.8) is 0 Å². The van der Waals surface area contributed by atoms with Gasteiger partial charge in [0.25, 0.3) is 6.48 Å². The molecule has 0 aromatic rings. The molecule has 0 radical (unpaired) electrons. The summed E-state index contributed by atoms with van der Waals surface area (Å²) in [5.41, 5.74) is 0. The molecule has 0 saturated carbocycles. The molecule has 0 aromatic carbocycles. The Morgan fingerprint density at radius 2 is 2.00 bits per heavy atom. The topological polar surface area (TPSA) is 79.2 Å². The van der Waals surface area contributed by atoms with Crippen molar-refractivity contribution in [1.29, 1.82) is 0 Å². The van der Waals surface area contributed by atoms with Crippen LogP contribution in [-0.2, 0) is 9.47 Å². The summed E-state index contributed by atoms with van der Waals surface area (Å²) in [4.78, 5) is 0. The van der Waals surface area contributed by atoms with Crippen molar-refractivity contribution in [1.82, 2.24) is 0 Å². The summed E-state index contributed by atoms with van der Waals surface area (Å²) in [5.74, 6) is 0.785. The zero-order valence-electron chi connectivity index (χ0n) is 6.96. The largest absolute Gasteiger partial charge is 0.466 e. The molecule has 0 unspecified atom stereocenters. The molecule has 0 saturated heterocycles. The van der Waals surface area contributed by atoms with Crippen molar-refractivity contribution >= 4 is 0 Å². The first-order chi connectivity index (χ1) is 6.16. The molecule has 0 aromatic heterocycles. The third kappa shape index (κ3) is 8.61. The van der Waals surface area contributed by atoms with Gasteiger partial charge in [-0.2, -0.15) is 0 Å². The predicted molar refractivity (Wildman–Crippen MR) is 44.7 cm³/mol. The Morgan fingerprint density at radius 1 is 1.38 bits per heavy atom. The van der Waals surface area contributed by atoms with Crippen molar-refractivity contribution in [2.45, 2.75) is 12.9 Å². The zero-order chi connectivity index (χ0) is 10.1. The predicted octanol–water partition coefficient (Wildman–Crippen LogP) is 0.169. The van der Waals surface area contributed by atoms with Crippen molar-refractivity contribution in [2.24, 2.45) is 0 Å². The highest BCUT2D eigenvalue weighted by atomic mass is 16.6. The smallest absolute Gasteiger partial charge is 0.263 e. The van der Waals surface area contributed by atoms with Gasteiger partial charge in [-0.1, -0.05) is 6.08 Å². The number of hydrogen-bond donors (Lipinski definition) is 3. The van der Waals surface area contributed by atoms with Gasteiger partial charge in [0.1, 0.15) is 24.5 Å². The minimum absolute atomic E-state index is 0.713. The molecule has 0 aliphatic carbocycles. The van der Waals surface area contributed by atoms with Crippen LogP contribution in [0.15, 0.2) is 37.2 Å². The van der Waals surface area contributed by atoms with Crippen LogP contribution in [0.2, 0.25) is 0 Å². The number of ether oxygens (including phenoxy) is 2. The maximum atomic E-state index is 7.17. The van der Waals surface area contributed by atoms with Crippen LogP contribution in [0.3, 0.4) is 0 Å². The van der Waals surface area contributed by atoms with E-state index in [2.05, 4.69) is 6.58 Å². The molecule has 1 heterocycles. The van der Waals surface area contributed by atoms with Crippen molar-refractivity contribution in [3.8, 4) is 0 Å². The van der Waals surface area contributed by atoms with Gasteiger partial charge in [0, 0.05) is 6.42 Å². The highest BCUT2D eigenvalue weighted by Gasteiger charge is 1.96. The summed E-state index contributed by atoms with van der Waals surface area (Å²) < 4.78 is 9.82. The number of allylic oxidation sites excluding steroid dienone is 1. The molecular weight excluding hydrogens is 176 g/mol. The molecule has 1 aliphatic heterocycles. The van der Waals surface area contributed by atoms with E-state index in [0.29, 0.717) is 6.42 Å². The highest BCUT2D eigenvalue weighted by Crippen LogP contribution is 2.08. The van der Waals surface area contributed by atoms with E-state index in [9.17, 15) is 0 Å². The van der Waals surface area contributed by atoms with E-state index >= 15 is 0 Å². The van der Waals surface area contributed by atoms with Crippen LogP contribution in [-0.4, -0.2) is 21.8 Å². The fourth-order valence-electron chi connectivity index (χ4n) is 0.529. The lowest BCUT2D eigenvalue weighted by atomic mass is 10.4. The Hall–Kier alpha value is -1.30. The maximum absolute atomic E-state index is 7.17. The number of rotatable bonds is 2. The molecule has 1 rings (SSSR count). The highest BCUT2D eigenvalue weighted by molar-refractivity contribution is 4.99. The molecule has 0 amide bonds. The molecule has 1 aliphatic rings. The van der Waals surface area contributed by atoms with E-state index in [1.807, 2.05) is 0 Å². The quantitative estimate of drug-likeness (QED) is 0.425. The van der Waals surface area contributed by atoms with Crippen molar-refractivity contribution in [2.75, 3.05) is 0 Å². The van der Waals surface area contributed by atoms with Gasteiger partial charge in [-0.3, -0.25) is 0 Å². The van der Waals surface area contributed by atoms with Crippen molar-refractivity contribution < 1.29 is 24.8 Å². The van der Waals surface area contributed by atoms with Gasteiger partial charge in [-0.15, -0.1) is 6.58 Å². The Labute approximate surface area is 75.8 Å². The molecule has 3 N–H and O–H groups in total. The molecule has 0 atom stereocenters. The number of hydrogen-bond acceptors (Lipinski definition) is 5. The van der Waals surface area contributed by atoms with E-state index in [4.69, 9.17) is 24.8 Å². The average molecular weight is 188 g/mol.